The number of carbonyl (C=O) groups is 3. The van der Waals surface area contributed by atoms with Crippen LogP contribution in [0.15, 0.2) is 48.5 Å². The molecule has 2 aliphatic heterocycles. The van der Waals surface area contributed by atoms with Crippen LogP contribution in [-0.4, -0.2) is 54.4 Å². The lowest BCUT2D eigenvalue weighted by atomic mass is 9.74. The molecule has 4 atom stereocenters. The maximum atomic E-state index is 13.8. The van der Waals surface area contributed by atoms with E-state index in [9.17, 15) is 40.7 Å². The number of piperidine rings is 1. The number of hydrogen-bond donors (Lipinski definition) is 2. The van der Waals surface area contributed by atoms with Crippen LogP contribution < -0.4 is 11.1 Å². The molecule has 15 heteroatoms. The lowest BCUT2D eigenvalue weighted by Crippen LogP contribution is -2.65. The van der Waals surface area contributed by atoms with Gasteiger partial charge in [-0.25, -0.2) is 4.79 Å². The van der Waals surface area contributed by atoms with E-state index in [1.807, 2.05) is 0 Å². The molecule has 1 unspecified atom stereocenters. The Bertz CT molecular complexity index is 1420. The summed E-state index contributed by atoms with van der Waals surface area (Å²) in [7, 11) is 0. The number of amides is 2. The summed E-state index contributed by atoms with van der Waals surface area (Å²) >= 11 is 0. The minimum absolute atomic E-state index is 0.0384. The maximum Gasteiger partial charge on any atom is 0.416 e. The molecule has 3 N–H and O–H groups in total. The van der Waals surface area contributed by atoms with E-state index < -0.39 is 65.6 Å². The van der Waals surface area contributed by atoms with Gasteiger partial charge in [0, 0.05) is 13.0 Å². The monoisotopic (exact) mass is 673 g/mol. The first-order valence-electron chi connectivity index (χ1n) is 15.0. The first kappa shape index (κ1) is 36.0. The Morgan fingerprint density at radius 3 is 2.09 bits per heavy atom. The summed E-state index contributed by atoms with van der Waals surface area (Å²) in [5.41, 5.74) is 0.848. The van der Waals surface area contributed by atoms with Gasteiger partial charge in [0.2, 0.25) is 12.7 Å². The van der Waals surface area contributed by atoms with Crippen molar-refractivity contribution < 1.29 is 54.9 Å². The van der Waals surface area contributed by atoms with E-state index in [0.717, 1.165) is 0 Å². The summed E-state index contributed by atoms with van der Waals surface area (Å²) in [5.74, 6) is -1.26. The van der Waals surface area contributed by atoms with E-state index in [2.05, 4.69) is 5.32 Å². The smallest absolute Gasteiger partial charge is 0.416 e. The number of alkyl halides is 6. The highest BCUT2D eigenvalue weighted by Crippen LogP contribution is 2.45. The van der Waals surface area contributed by atoms with E-state index in [-0.39, 0.29) is 49.4 Å². The van der Waals surface area contributed by atoms with Crippen LogP contribution in [0, 0.1) is 5.92 Å². The molecule has 2 aliphatic rings. The fourth-order valence-electron chi connectivity index (χ4n) is 5.87. The minimum atomic E-state index is -5.05. The summed E-state index contributed by atoms with van der Waals surface area (Å²) in [4.78, 5) is 39.6. The fourth-order valence-corrected chi connectivity index (χ4v) is 5.87. The van der Waals surface area contributed by atoms with Crippen molar-refractivity contribution in [2.24, 2.45) is 11.7 Å². The fraction of sp³-hybridized carbons (Fsp3) is 0.531. The van der Waals surface area contributed by atoms with E-state index >= 15 is 0 Å². The molecule has 0 bridgehead atoms. The molecule has 2 fully saturated rings. The highest BCUT2D eigenvalue weighted by Gasteiger charge is 2.54. The quantitative estimate of drug-likeness (QED) is 0.189. The van der Waals surface area contributed by atoms with Gasteiger partial charge in [0.15, 0.2) is 0 Å². The molecule has 0 saturated carbocycles. The Morgan fingerprint density at radius 1 is 0.936 bits per heavy atom. The van der Waals surface area contributed by atoms with Crippen LogP contribution >= 0.6 is 0 Å². The molecule has 258 valence electrons. The van der Waals surface area contributed by atoms with Crippen molar-refractivity contribution in [3.63, 3.8) is 0 Å². The van der Waals surface area contributed by atoms with Gasteiger partial charge in [0.1, 0.15) is 6.04 Å². The number of hydrogen-bond acceptors (Lipinski definition) is 7. The molecular formula is C32H37F6N3O6. The molecule has 1 spiro atoms. The van der Waals surface area contributed by atoms with Gasteiger partial charge in [-0.2, -0.15) is 26.3 Å². The van der Waals surface area contributed by atoms with Gasteiger partial charge in [0.25, 0.3) is 0 Å². The molecule has 2 saturated heterocycles. The average Bonchev–Trinajstić information content (AvgIpc) is 3.38. The predicted octanol–water partition coefficient (Wildman–Crippen LogP) is 6.06. The van der Waals surface area contributed by atoms with Crippen molar-refractivity contribution >= 4 is 18.0 Å². The minimum Gasteiger partial charge on any atom is -0.427 e. The summed E-state index contributed by atoms with van der Waals surface area (Å²) in [6, 6.07) is 8.79. The first-order valence-corrected chi connectivity index (χ1v) is 15.0. The zero-order chi connectivity index (χ0) is 34.8. The molecule has 47 heavy (non-hydrogen) atoms. The van der Waals surface area contributed by atoms with Crippen LogP contribution in [-0.2, 0) is 41.7 Å². The Morgan fingerprint density at radius 2 is 1.55 bits per heavy atom. The molecule has 0 aliphatic carbocycles. The molecule has 2 heterocycles. The second kappa shape index (κ2) is 13.7. The van der Waals surface area contributed by atoms with E-state index in [4.69, 9.17) is 19.9 Å². The number of nitrogens with one attached hydrogen (secondary N) is 1. The summed E-state index contributed by atoms with van der Waals surface area (Å²) in [6.07, 6.45) is -11.2. The van der Waals surface area contributed by atoms with Gasteiger partial charge in [-0.05, 0) is 61.4 Å². The highest BCUT2D eigenvalue weighted by atomic mass is 19.4. The second-order valence-electron chi connectivity index (χ2n) is 12.4. The van der Waals surface area contributed by atoms with E-state index in [1.165, 1.54) is 11.8 Å². The molecule has 0 aromatic heterocycles. The molecule has 4 rings (SSSR count). The third-order valence-electron chi connectivity index (χ3n) is 8.79. The number of likely N-dealkylation sites (tertiary alicyclic amines) is 1. The largest absolute Gasteiger partial charge is 0.427 e. The average molecular weight is 674 g/mol. The number of nitrogens with two attached hydrogens (primary N) is 1. The first-order chi connectivity index (χ1) is 21.9. The van der Waals surface area contributed by atoms with Crippen molar-refractivity contribution in [1.29, 1.82) is 0 Å². The molecular weight excluding hydrogens is 636 g/mol. The SMILES string of the molecule is CC(C)C(N)C(=O)OCOC(=O)N1C[C@@]2(CCC(=O)N2)CC[C@@]1(CO[C@H](C)c1cc(C(F)(F)F)cc(C(F)(F)F)c1)c1ccccc1. The summed E-state index contributed by atoms with van der Waals surface area (Å²) in [6.45, 7) is 3.52. The van der Waals surface area contributed by atoms with Gasteiger partial charge in [0.05, 0.1) is 34.9 Å². The van der Waals surface area contributed by atoms with Crippen molar-refractivity contribution in [1.82, 2.24) is 10.2 Å². The Kier molecular flexibility index (Phi) is 10.5. The highest BCUT2D eigenvalue weighted by molar-refractivity contribution is 5.80. The van der Waals surface area contributed by atoms with Crippen molar-refractivity contribution in [2.45, 2.75) is 82.0 Å². The van der Waals surface area contributed by atoms with Crippen LogP contribution in [0.2, 0.25) is 0 Å². The molecule has 9 nitrogen and oxygen atoms in total. The van der Waals surface area contributed by atoms with Gasteiger partial charge in [-0.15, -0.1) is 0 Å². The van der Waals surface area contributed by atoms with Crippen molar-refractivity contribution in [3.8, 4) is 0 Å². The van der Waals surface area contributed by atoms with E-state index in [1.54, 1.807) is 44.2 Å². The zero-order valence-electron chi connectivity index (χ0n) is 26.0. The van der Waals surface area contributed by atoms with Crippen molar-refractivity contribution in [3.05, 3.63) is 70.8 Å². The Hall–Kier alpha value is -3.85. The number of nitrogens with zero attached hydrogens (tertiary/aromatic N) is 1. The lowest BCUT2D eigenvalue weighted by molar-refractivity contribution is -0.156. The van der Waals surface area contributed by atoms with Crippen molar-refractivity contribution in [2.75, 3.05) is 19.9 Å². The van der Waals surface area contributed by atoms with Gasteiger partial charge in [-0.3, -0.25) is 14.5 Å². The third-order valence-corrected chi connectivity index (χ3v) is 8.79. The number of carbonyl (C=O) groups excluding carboxylic acids is 3. The zero-order valence-corrected chi connectivity index (χ0v) is 26.0. The summed E-state index contributed by atoms with van der Waals surface area (Å²) in [5, 5.41) is 2.93. The molecule has 2 aromatic carbocycles. The normalized spacial score (nSPS) is 23.0. The Balaban J connectivity index is 1.68. The van der Waals surface area contributed by atoms with Crippen LogP contribution in [0.1, 0.15) is 74.8 Å². The molecule has 2 aromatic rings. The lowest BCUT2D eigenvalue weighted by Gasteiger charge is -2.52. The van der Waals surface area contributed by atoms with E-state index in [0.29, 0.717) is 30.5 Å². The summed E-state index contributed by atoms with van der Waals surface area (Å²) < 4.78 is 97.9. The predicted molar refractivity (Wildman–Crippen MR) is 155 cm³/mol. The third kappa shape index (κ3) is 8.18. The van der Waals surface area contributed by atoms with Gasteiger partial charge >= 0.3 is 24.4 Å². The number of rotatable bonds is 9. The molecule has 0 radical (unpaired) electrons. The number of ether oxygens (including phenoxy) is 3. The van der Waals surface area contributed by atoms with Gasteiger partial charge in [-0.1, -0.05) is 44.2 Å². The molecule has 2 amide bonds. The number of benzene rings is 2. The van der Waals surface area contributed by atoms with Crippen LogP contribution in [0.25, 0.3) is 0 Å². The second-order valence-corrected chi connectivity index (χ2v) is 12.4. The topological polar surface area (TPSA) is 120 Å². The standard InChI is InChI=1S/C32H37F6N3O6/c1-19(2)26(39)27(43)46-18-47-28(44)41-16-29(10-9-25(42)40-29)11-12-30(41,22-7-5-4-6-8-22)17-45-20(3)21-13-23(31(33,34)35)15-24(14-21)32(36,37)38/h4-8,13-15,19-20,26H,9-12,16-18,39H2,1-3H3,(H,40,42)/t20-,26?,29-,30-/m1/s1. The van der Waals surface area contributed by atoms with Crippen LogP contribution in [0.5, 0.6) is 0 Å². The number of halogens is 6. The van der Waals surface area contributed by atoms with Gasteiger partial charge < -0.3 is 25.3 Å². The maximum absolute atomic E-state index is 13.8. The Labute approximate surface area is 267 Å². The number of esters is 1. The van der Waals surface area contributed by atoms with Crippen LogP contribution in [0.3, 0.4) is 0 Å². The van der Waals surface area contributed by atoms with Crippen LogP contribution in [0.4, 0.5) is 31.1 Å².